The van der Waals surface area contributed by atoms with Gasteiger partial charge in [-0.1, -0.05) is 35.7 Å². The van der Waals surface area contributed by atoms with E-state index in [0.717, 1.165) is 23.9 Å². The summed E-state index contributed by atoms with van der Waals surface area (Å²) in [7, 11) is 1.86. The predicted octanol–water partition coefficient (Wildman–Crippen LogP) is 2.80. The van der Waals surface area contributed by atoms with Crippen molar-refractivity contribution >= 4 is 21.8 Å². The number of halogens is 1. The molecule has 2 rings (SSSR count). The third-order valence-corrected chi connectivity index (χ3v) is 5.28. The van der Waals surface area contributed by atoms with E-state index in [0.29, 0.717) is 11.5 Å². The molecule has 5 heteroatoms. The van der Waals surface area contributed by atoms with Crippen LogP contribution in [0, 0.1) is 12.8 Å². The van der Waals surface area contributed by atoms with Crippen molar-refractivity contribution in [2.75, 3.05) is 5.33 Å². The van der Waals surface area contributed by atoms with Crippen molar-refractivity contribution in [2.45, 2.75) is 45.1 Å². The van der Waals surface area contributed by atoms with Crippen molar-refractivity contribution in [3.63, 3.8) is 0 Å². The van der Waals surface area contributed by atoms with Crippen molar-refractivity contribution in [3.8, 4) is 0 Å². The van der Waals surface area contributed by atoms with Crippen LogP contribution in [0.2, 0.25) is 0 Å². The first-order valence-electron chi connectivity index (χ1n) is 6.84. The largest absolute Gasteiger partial charge is 0.346 e. The summed E-state index contributed by atoms with van der Waals surface area (Å²) in [6.45, 7) is 4.18. The number of nitrogens with zero attached hydrogens (tertiary/aromatic N) is 2. The molecule has 0 aromatic carbocycles. The van der Waals surface area contributed by atoms with Crippen LogP contribution in [0.15, 0.2) is 6.20 Å². The van der Waals surface area contributed by atoms with Crippen LogP contribution < -0.4 is 5.32 Å². The van der Waals surface area contributed by atoms with Gasteiger partial charge in [0.2, 0.25) is 0 Å². The zero-order valence-electron chi connectivity index (χ0n) is 11.9. The van der Waals surface area contributed by atoms with Crippen LogP contribution in [-0.4, -0.2) is 26.6 Å². The summed E-state index contributed by atoms with van der Waals surface area (Å²) < 4.78 is 1.74. The summed E-state index contributed by atoms with van der Waals surface area (Å²) in [6, 6.07) is 0. The first kappa shape index (κ1) is 14.6. The molecule has 0 spiro atoms. The number of carbonyl (C=O) groups excluding carboxylic acids is 1. The van der Waals surface area contributed by atoms with E-state index in [1.807, 2.05) is 14.0 Å². The molecule has 1 aromatic heterocycles. The highest BCUT2D eigenvalue weighted by Crippen LogP contribution is 2.33. The summed E-state index contributed by atoms with van der Waals surface area (Å²) in [4.78, 5) is 12.4. The molecular formula is C14H22BrN3O. The lowest BCUT2D eigenvalue weighted by Crippen LogP contribution is -2.52. The normalized spacial score (nSPS) is 27.3. The van der Waals surface area contributed by atoms with Crippen LogP contribution in [0.5, 0.6) is 0 Å². The number of rotatable bonds is 3. The fourth-order valence-electron chi connectivity index (χ4n) is 2.96. The van der Waals surface area contributed by atoms with Gasteiger partial charge in [0.1, 0.15) is 0 Å². The molecule has 4 nitrogen and oxygen atoms in total. The maximum absolute atomic E-state index is 12.4. The molecule has 1 aromatic rings. The van der Waals surface area contributed by atoms with E-state index in [1.54, 1.807) is 10.9 Å². The van der Waals surface area contributed by atoms with Gasteiger partial charge >= 0.3 is 0 Å². The molecule has 1 N–H and O–H groups in total. The third-order valence-electron chi connectivity index (χ3n) is 4.21. The Morgan fingerprint density at radius 2 is 2.42 bits per heavy atom. The van der Waals surface area contributed by atoms with Gasteiger partial charge in [-0.05, 0) is 25.7 Å². The molecule has 19 heavy (non-hydrogen) atoms. The van der Waals surface area contributed by atoms with Gasteiger partial charge in [-0.2, -0.15) is 5.10 Å². The lowest BCUT2D eigenvalue weighted by molar-refractivity contribution is 0.0869. The average molecular weight is 328 g/mol. The number of hydrogen-bond acceptors (Lipinski definition) is 2. The van der Waals surface area contributed by atoms with Gasteiger partial charge in [-0.15, -0.1) is 0 Å². The lowest BCUT2D eigenvalue weighted by atomic mass is 9.77. The summed E-state index contributed by atoms with van der Waals surface area (Å²) in [6.07, 6.45) is 6.19. The number of amides is 1. The second-order valence-electron chi connectivity index (χ2n) is 5.84. The Hall–Kier alpha value is -0.840. The molecule has 0 radical (unpaired) electrons. The van der Waals surface area contributed by atoms with E-state index in [4.69, 9.17) is 0 Å². The highest BCUT2D eigenvalue weighted by Gasteiger charge is 2.36. The molecule has 1 amide bonds. The molecule has 1 fully saturated rings. The highest BCUT2D eigenvalue weighted by molar-refractivity contribution is 9.09. The Morgan fingerprint density at radius 1 is 1.68 bits per heavy atom. The molecule has 2 atom stereocenters. The highest BCUT2D eigenvalue weighted by atomic mass is 79.9. The predicted molar refractivity (Wildman–Crippen MR) is 79.6 cm³/mol. The lowest BCUT2D eigenvalue weighted by Gasteiger charge is -2.39. The van der Waals surface area contributed by atoms with Crippen LogP contribution in [0.4, 0.5) is 0 Å². The van der Waals surface area contributed by atoms with Gasteiger partial charge in [-0.25, -0.2) is 0 Å². The van der Waals surface area contributed by atoms with Crippen LogP contribution in [0.25, 0.3) is 0 Å². The molecule has 106 valence electrons. The minimum atomic E-state index is -0.100. The van der Waals surface area contributed by atoms with Crippen LogP contribution >= 0.6 is 15.9 Å². The zero-order chi connectivity index (χ0) is 14.0. The first-order chi connectivity index (χ1) is 8.97. The van der Waals surface area contributed by atoms with Crippen molar-refractivity contribution in [1.82, 2.24) is 15.1 Å². The number of nitrogens with one attached hydrogen (secondary N) is 1. The number of alkyl halides is 1. The Morgan fingerprint density at radius 3 is 2.95 bits per heavy atom. The second kappa shape index (κ2) is 5.65. The summed E-state index contributed by atoms with van der Waals surface area (Å²) in [5, 5.41) is 8.20. The van der Waals surface area contributed by atoms with Crippen LogP contribution in [0.1, 0.15) is 48.7 Å². The van der Waals surface area contributed by atoms with Crippen molar-refractivity contribution in [2.24, 2.45) is 13.0 Å². The van der Waals surface area contributed by atoms with Crippen LogP contribution in [-0.2, 0) is 7.05 Å². The van der Waals surface area contributed by atoms with E-state index in [-0.39, 0.29) is 11.4 Å². The maximum Gasteiger partial charge on any atom is 0.255 e. The van der Waals surface area contributed by atoms with E-state index in [1.165, 1.54) is 12.8 Å². The standard InChI is InChI=1S/C14H22BrN3O/c1-10-5-4-6-14(7-10,9-15)17-13(19)12-8-16-18(3)11(12)2/h8,10H,4-7,9H2,1-3H3,(H,17,19). The van der Waals surface area contributed by atoms with Gasteiger partial charge in [0, 0.05) is 18.1 Å². The fourth-order valence-corrected chi connectivity index (χ4v) is 3.61. The molecule has 2 unspecified atom stereocenters. The number of carbonyl (C=O) groups is 1. The van der Waals surface area contributed by atoms with E-state index < -0.39 is 0 Å². The second-order valence-corrected chi connectivity index (χ2v) is 6.40. The minimum Gasteiger partial charge on any atom is -0.346 e. The molecular weight excluding hydrogens is 306 g/mol. The Bertz CT molecular complexity index is 471. The number of aromatic nitrogens is 2. The van der Waals surface area contributed by atoms with E-state index >= 15 is 0 Å². The summed E-state index contributed by atoms with van der Waals surface area (Å²) in [5.41, 5.74) is 1.49. The van der Waals surface area contributed by atoms with Crippen molar-refractivity contribution in [1.29, 1.82) is 0 Å². The Balaban J connectivity index is 2.14. The Kier molecular flexibility index (Phi) is 4.33. The van der Waals surface area contributed by atoms with Gasteiger partial charge in [0.25, 0.3) is 5.91 Å². The minimum absolute atomic E-state index is 0.000787. The fraction of sp³-hybridized carbons (Fsp3) is 0.714. The topological polar surface area (TPSA) is 46.9 Å². The SMILES string of the molecule is Cc1c(C(=O)NC2(CBr)CCCC(C)C2)cnn1C. The third kappa shape index (κ3) is 3.02. The van der Waals surface area contributed by atoms with Gasteiger partial charge < -0.3 is 5.32 Å². The van der Waals surface area contributed by atoms with Crippen molar-refractivity contribution < 1.29 is 4.79 Å². The zero-order valence-corrected chi connectivity index (χ0v) is 13.5. The van der Waals surface area contributed by atoms with E-state index in [2.05, 4.69) is 33.3 Å². The number of aryl methyl sites for hydroxylation is 1. The quantitative estimate of drug-likeness (QED) is 0.868. The average Bonchev–Trinajstić information content (AvgIpc) is 2.70. The summed E-state index contributed by atoms with van der Waals surface area (Å²) in [5.74, 6) is 0.667. The first-order valence-corrected chi connectivity index (χ1v) is 7.97. The molecule has 1 heterocycles. The molecule has 1 aliphatic carbocycles. The Labute approximate surface area is 123 Å². The van der Waals surface area contributed by atoms with Gasteiger partial charge in [0.15, 0.2) is 0 Å². The summed E-state index contributed by atoms with van der Waals surface area (Å²) >= 11 is 3.58. The van der Waals surface area contributed by atoms with Crippen LogP contribution in [0.3, 0.4) is 0 Å². The molecule has 0 saturated heterocycles. The molecule has 1 aliphatic rings. The van der Waals surface area contributed by atoms with Gasteiger partial charge in [0.05, 0.1) is 17.3 Å². The van der Waals surface area contributed by atoms with Crippen molar-refractivity contribution in [3.05, 3.63) is 17.5 Å². The van der Waals surface area contributed by atoms with Gasteiger partial charge in [-0.3, -0.25) is 9.48 Å². The smallest absolute Gasteiger partial charge is 0.255 e. The molecule has 1 saturated carbocycles. The molecule has 0 bridgehead atoms. The molecule has 0 aliphatic heterocycles. The maximum atomic E-state index is 12.4. The van der Waals surface area contributed by atoms with E-state index in [9.17, 15) is 4.79 Å². The number of hydrogen-bond donors (Lipinski definition) is 1. The monoisotopic (exact) mass is 327 g/mol.